The van der Waals surface area contributed by atoms with Gasteiger partial charge in [0.2, 0.25) is 11.8 Å². The summed E-state index contributed by atoms with van der Waals surface area (Å²) in [5.41, 5.74) is 1.56. The molecule has 214 valence electrons. The zero-order valence-electron chi connectivity index (χ0n) is 23.1. The SMILES string of the molecule is CC[C@@H](C(=O)NCC(C)C)N(Cc1ccc(F)cc1)C(=O)CN(c1ccc(C)c(Cl)c1)S(=O)(=O)c1ccccc1. The second-order valence-electron chi connectivity index (χ2n) is 9.97. The molecular weight excluding hydrogens is 553 g/mol. The molecule has 0 saturated heterocycles. The number of nitrogens with zero attached hydrogens (tertiary/aromatic N) is 2. The van der Waals surface area contributed by atoms with Crippen LogP contribution in [0.1, 0.15) is 38.3 Å². The number of anilines is 1. The van der Waals surface area contributed by atoms with Crippen molar-refractivity contribution in [1.29, 1.82) is 0 Å². The van der Waals surface area contributed by atoms with E-state index in [0.29, 0.717) is 23.6 Å². The van der Waals surface area contributed by atoms with Crippen molar-refractivity contribution in [2.24, 2.45) is 5.92 Å². The third-order valence-electron chi connectivity index (χ3n) is 6.39. The van der Waals surface area contributed by atoms with Gasteiger partial charge in [0, 0.05) is 18.1 Å². The minimum absolute atomic E-state index is 0.00583. The highest BCUT2D eigenvalue weighted by Crippen LogP contribution is 2.28. The number of benzene rings is 3. The topological polar surface area (TPSA) is 86.8 Å². The van der Waals surface area contributed by atoms with Gasteiger partial charge in [0.25, 0.3) is 10.0 Å². The van der Waals surface area contributed by atoms with E-state index in [4.69, 9.17) is 11.6 Å². The number of nitrogens with one attached hydrogen (secondary N) is 1. The average molecular weight is 588 g/mol. The zero-order valence-corrected chi connectivity index (χ0v) is 24.7. The van der Waals surface area contributed by atoms with Gasteiger partial charge in [-0.2, -0.15) is 0 Å². The van der Waals surface area contributed by atoms with Gasteiger partial charge in [-0.1, -0.05) is 68.8 Å². The van der Waals surface area contributed by atoms with Crippen molar-refractivity contribution in [2.45, 2.75) is 51.6 Å². The lowest BCUT2D eigenvalue weighted by Gasteiger charge is -2.33. The number of amides is 2. The van der Waals surface area contributed by atoms with Crippen molar-refractivity contribution >= 4 is 39.1 Å². The van der Waals surface area contributed by atoms with Crippen LogP contribution in [0.4, 0.5) is 10.1 Å². The van der Waals surface area contributed by atoms with Gasteiger partial charge >= 0.3 is 0 Å². The van der Waals surface area contributed by atoms with E-state index < -0.39 is 34.3 Å². The molecule has 0 aromatic heterocycles. The van der Waals surface area contributed by atoms with Gasteiger partial charge < -0.3 is 10.2 Å². The molecule has 0 radical (unpaired) electrons. The average Bonchev–Trinajstić information content (AvgIpc) is 2.93. The number of hydrogen-bond donors (Lipinski definition) is 1. The summed E-state index contributed by atoms with van der Waals surface area (Å²) < 4.78 is 42.3. The first-order valence-corrected chi connectivity index (χ1v) is 14.9. The molecule has 2 amide bonds. The molecule has 3 aromatic rings. The van der Waals surface area contributed by atoms with E-state index in [0.717, 1.165) is 9.87 Å². The van der Waals surface area contributed by atoms with Gasteiger partial charge in [-0.3, -0.25) is 13.9 Å². The van der Waals surface area contributed by atoms with Crippen LogP contribution in [0.5, 0.6) is 0 Å². The minimum atomic E-state index is -4.19. The Balaban J connectivity index is 2.05. The highest BCUT2D eigenvalue weighted by atomic mass is 35.5. The third kappa shape index (κ3) is 7.82. The largest absolute Gasteiger partial charge is 0.354 e. The van der Waals surface area contributed by atoms with Crippen LogP contribution in [-0.4, -0.2) is 44.3 Å². The molecule has 3 rings (SSSR count). The van der Waals surface area contributed by atoms with Crippen LogP contribution in [-0.2, 0) is 26.2 Å². The van der Waals surface area contributed by atoms with E-state index >= 15 is 0 Å². The van der Waals surface area contributed by atoms with Gasteiger partial charge in [0.1, 0.15) is 18.4 Å². The predicted octanol–water partition coefficient (Wildman–Crippen LogP) is 5.56. The second kappa shape index (κ2) is 13.8. The molecule has 10 heteroatoms. The monoisotopic (exact) mass is 587 g/mol. The number of carbonyl (C=O) groups excluding carboxylic acids is 2. The van der Waals surface area contributed by atoms with Crippen LogP contribution in [0.15, 0.2) is 77.7 Å². The maximum absolute atomic E-state index is 14.0. The van der Waals surface area contributed by atoms with Crippen molar-refractivity contribution in [3.8, 4) is 0 Å². The molecule has 0 heterocycles. The number of hydrogen-bond acceptors (Lipinski definition) is 4. The van der Waals surface area contributed by atoms with Crippen LogP contribution in [0.3, 0.4) is 0 Å². The van der Waals surface area contributed by atoms with Gasteiger partial charge in [0.05, 0.1) is 10.6 Å². The first kappa shape index (κ1) is 31.1. The van der Waals surface area contributed by atoms with E-state index in [1.54, 1.807) is 44.2 Å². The first-order chi connectivity index (χ1) is 18.9. The van der Waals surface area contributed by atoms with Gasteiger partial charge in [-0.15, -0.1) is 0 Å². The lowest BCUT2D eigenvalue weighted by atomic mass is 10.1. The van der Waals surface area contributed by atoms with Crippen LogP contribution >= 0.6 is 11.6 Å². The van der Waals surface area contributed by atoms with E-state index in [1.165, 1.54) is 47.4 Å². The molecule has 0 aliphatic rings. The maximum atomic E-state index is 14.0. The fraction of sp³-hybridized carbons (Fsp3) is 0.333. The summed E-state index contributed by atoms with van der Waals surface area (Å²) in [6.45, 7) is 7.32. The van der Waals surface area contributed by atoms with Crippen LogP contribution < -0.4 is 9.62 Å². The summed E-state index contributed by atoms with van der Waals surface area (Å²) in [7, 11) is -4.19. The number of rotatable bonds is 12. The van der Waals surface area contributed by atoms with E-state index in [9.17, 15) is 22.4 Å². The lowest BCUT2D eigenvalue weighted by molar-refractivity contribution is -0.140. The van der Waals surface area contributed by atoms with E-state index in [2.05, 4.69) is 5.32 Å². The van der Waals surface area contributed by atoms with Crippen LogP contribution in [0.2, 0.25) is 5.02 Å². The van der Waals surface area contributed by atoms with E-state index in [-0.39, 0.29) is 29.0 Å². The Hall–Kier alpha value is -3.43. The molecule has 0 aliphatic heterocycles. The Kier molecular flexibility index (Phi) is 10.7. The molecule has 7 nitrogen and oxygen atoms in total. The second-order valence-corrected chi connectivity index (χ2v) is 12.2. The fourth-order valence-electron chi connectivity index (χ4n) is 4.11. The van der Waals surface area contributed by atoms with E-state index in [1.807, 2.05) is 13.8 Å². The first-order valence-electron chi connectivity index (χ1n) is 13.1. The smallest absolute Gasteiger partial charge is 0.264 e. The fourth-order valence-corrected chi connectivity index (χ4v) is 5.72. The molecule has 1 atom stereocenters. The van der Waals surface area contributed by atoms with Crippen LogP contribution in [0.25, 0.3) is 0 Å². The number of carbonyl (C=O) groups is 2. The minimum Gasteiger partial charge on any atom is -0.354 e. The van der Waals surface area contributed by atoms with Gasteiger partial charge in [-0.25, -0.2) is 12.8 Å². The Bertz CT molecular complexity index is 1420. The third-order valence-corrected chi connectivity index (χ3v) is 8.59. The molecule has 0 unspecified atom stereocenters. The Morgan fingerprint density at radius 1 is 1.00 bits per heavy atom. The molecule has 0 fully saturated rings. The predicted molar refractivity (Wildman–Crippen MR) is 156 cm³/mol. The summed E-state index contributed by atoms with van der Waals surface area (Å²) in [5, 5.41) is 3.22. The highest BCUT2D eigenvalue weighted by Gasteiger charge is 2.33. The van der Waals surface area contributed by atoms with Crippen molar-refractivity contribution < 1.29 is 22.4 Å². The molecule has 0 bridgehead atoms. The molecular formula is C30H35ClFN3O4S. The summed E-state index contributed by atoms with van der Waals surface area (Å²) in [5.74, 6) is -1.17. The Morgan fingerprint density at radius 3 is 2.23 bits per heavy atom. The van der Waals surface area contributed by atoms with Crippen molar-refractivity contribution in [1.82, 2.24) is 10.2 Å². The standard InChI is InChI=1S/C30H35ClFN3O4S/c1-5-28(30(37)33-18-21(2)3)34(19-23-12-14-24(32)15-13-23)29(36)20-35(25-16-11-22(4)27(31)17-25)40(38,39)26-9-7-6-8-10-26/h6-17,21,28H,5,18-20H2,1-4H3,(H,33,37)/t28-/m0/s1. The molecule has 0 spiro atoms. The van der Waals surface area contributed by atoms with Gasteiger partial charge in [-0.05, 0) is 66.8 Å². The summed E-state index contributed by atoms with van der Waals surface area (Å²) >= 11 is 6.35. The lowest BCUT2D eigenvalue weighted by Crippen LogP contribution is -2.52. The summed E-state index contributed by atoms with van der Waals surface area (Å²) in [4.78, 5) is 28.6. The highest BCUT2D eigenvalue weighted by molar-refractivity contribution is 7.92. The number of aryl methyl sites for hydroxylation is 1. The number of sulfonamides is 1. The summed E-state index contributed by atoms with van der Waals surface area (Å²) in [6, 6.07) is 17.3. The molecule has 3 aromatic carbocycles. The zero-order chi connectivity index (χ0) is 29.4. The van der Waals surface area contributed by atoms with Crippen molar-refractivity contribution in [3.05, 3.63) is 94.8 Å². The Morgan fingerprint density at radius 2 is 1.65 bits per heavy atom. The molecule has 0 aliphatic carbocycles. The molecule has 1 N–H and O–H groups in total. The van der Waals surface area contributed by atoms with Gasteiger partial charge in [0.15, 0.2) is 0 Å². The molecule has 0 saturated carbocycles. The quantitative estimate of drug-likeness (QED) is 0.300. The van der Waals surface area contributed by atoms with Crippen molar-refractivity contribution in [2.75, 3.05) is 17.4 Å². The Labute approximate surface area is 241 Å². The molecule has 40 heavy (non-hydrogen) atoms. The maximum Gasteiger partial charge on any atom is 0.264 e. The number of halogens is 2. The van der Waals surface area contributed by atoms with Crippen LogP contribution in [0, 0.1) is 18.7 Å². The summed E-state index contributed by atoms with van der Waals surface area (Å²) in [6.07, 6.45) is 0.290. The van der Waals surface area contributed by atoms with Crippen molar-refractivity contribution in [3.63, 3.8) is 0 Å². The normalized spacial score (nSPS) is 12.2.